The van der Waals surface area contributed by atoms with Crippen molar-refractivity contribution in [3.63, 3.8) is 0 Å². The molecule has 0 saturated carbocycles. The lowest BCUT2D eigenvalue weighted by Gasteiger charge is -2.08. The molecule has 1 aromatic heterocycles. The van der Waals surface area contributed by atoms with Gasteiger partial charge in [-0.25, -0.2) is 9.97 Å². The number of anilines is 1. The van der Waals surface area contributed by atoms with Crippen LogP contribution >= 0.6 is 11.6 Å². The second-order valence-corrected chi connectivity index (χ2v) is 6.66. The van der Waals surface area contributed by atoms with E-state index in [-0.39, 0.29) is 5.75 Å². The fourth-order valence-corrected chi connectivity index (χ4v) is 2.96. The van der Waals surface area contributed by atoms with Gasteiger partial charge in [-0.3, -0.25) is 5.43 Å². The van der Waals surface area contributed by atoms with Crippen molar-refractivity contribution in [3.05, 3.63) is 77.3 Å². The van der Waals surface area contributed by atoms with Crippen molar-refractivity contribution in [2.24, 2.45) is 5.10 Å². The van der Waals surface area contributed by atoms with Gasteiger partial charge >= 0.3 is 0 Å². The first-order valence-corrected chi connectivity index (χ1v) is 9.20. The third-order valence-electron chi connectivity index (χ3n) is 4.29. The predicted molar refractivity (Wildman–Crippen MR) is 116 cm³/mol. The molecule has 7 heteroatoms. The number of benzene rings is 3. The molecule has 2 N–H and O–H groups in total. The number of hydrogen-bond donors (Lipinski definition) is 2. The summed E-state index contributed by atoms with van der Waals surface area (Å²) in [7, 11) is 1.50. The predicted octanol–water partition coefficient (Wildman–Crippen LogP) is 5.11. The molecule has 144 valence electrons. The monoisotopic (exact) mass is 404 g/mol. The van der Waals surface area contributed by atoms with E-state index in [1.807, 2.05) is 36.4 Å². The van der Waals surface area contributed by atoms with Crippen LogP contribution in [0.1, 0.15) is 5.56 Å². The number of aromatic hydroxyl groups is 1. The highest BCUT2D eigenvalue weighted by molar-refractivity contribution is 6.30. The summed E-state index contributed by atoms with van der Waals surface area (Å²) in [5.41, 5.74) is 5.42. The molecule has 0 amide bonds. The summed E-state index contributed by atoms with van der Waals surface area (Å²) in [6, 6.07) is 20.1. The smallest absolute Gasteiger partial charge is 0.162 e. The highest BCUT2D eigenvalue weighted by Gasteiger charge is 2.09. The Morgan fingerprint density at radius 3 is 2.62 bits per heavy atom. The Kier molecular flexibility index (Phi) is 5.27. The van der Waals surface area contributed by atoms with Gasteiger partial charge in [0.05, 0.1) is 18.8 Å². The van der Waals surface area contributed by atoms with E-state index in [1.165, 1.54) is 7.11 Å². The molecule has 1 heterocycles. The molecule has 0 radical (unpaired) electrons. The minimum absolute atomic E-state index is 0.0759. The molecule has 29 heavy (non-hydrogen) atoms. The van der Waals surface area contributed by atoms with Crippen molar-refractivity contribution in [2.75, 3.05) is 12.5 Å². The van der Waals surface area contributed by atoms with Gasteiger partial charge in [-0.2, -0.15) is 5.10 Å². The summed E-state index contributed by atoms with van der Waals surface area (Å²) >= 11 is 5.99. The van der Waals surface area contributed by atoms with Crippen LogP contribution < -0.4 is 10.2 Å². The molecule has 0 fully saturated rings. The Balaban J connectivity index is 1.68. The van der Waals surface area contributed by atoms with E-state index < -0.39 is 0 Å². The van der Waals surface area contributed by atoms with Crippen molar-refractivity contribution in [2.45, 2.75) is 0 Å². The van der Waals surface area contributed by atoms with Crippen LogP contribution in [0.4, 0.5) is 5.82 Å². The summed E-state index contributed by atoms with van der Waals surface area (Å²) < 4.78 is 5.12. The van der Waals surface area contributed by atoms with E-state index in [4.69, 9.17) is 16.3 Å². The van der Waals surface area contributed by atoms with E-state index in [0.29, 0.717) is 22.4 Å². The molecule has 0 spiro atoms. The summed E-state index contributed by atoms with van der Waals surface area (Å²) in [4.78, 5) is 9.28. The molecule has 4 aromatic rings. The van der Waals surface area contributed by atoms with E-state index in [0.717, 1.165) is 22.0 Å². The normalized spacial score (nSPS) is 11.1. The van der Waals surface area contributed by atoms with Gasteiger partial charge in [0.25, 0.3) is 0 Å². The van der Waals surface area contributed by atoms with Gasteiger partial charge < -0.3 is 9.84 Å². The zero-order valence-corrected chi connectivity index (χ0v) is 16.3. The Labute approximate surface area is 172 Å². The quantitative estimate of drug-likeness (QED) is 0.357. The molecule has 6 nitrogen and oxygen atoms in total. The molecule has 0 unspecified atom stereocenters. The average Bonchev–Trinajstić information content (AvgIpc) is 2.75. The topological polar surface area (TPSA) is 79.6 Å². The maximum atomic E-state index is 9.70. The molecular formula is C22H17ClN4O2. The lowest BCUT2D eigenvalue weighted by atomic mass is 10.2. The summed E-state index contributed by atoms with van der Waals surface area (Å²) in [6.45, 7) is 0. The van der Waals surface area contributed by atoms with E-state index in [9.17, 15) is 5.11 Å². The highest BCUT2D eigenvalue weighted by atomic mass is 35.5. The number of nitrogens with zero attached hydrogens (tertiary/aromatic N) is 3. The van der Waals surface area contributed by atoms with E-state index in [2.05, 4.69) is 20.5 Å². The van der Waals surface area contributed by atoms with Crippen LogP contribution in [0, 0.1) is 0 Å². The number of ether oxygens (including phenoxy) is 1. The maximum absolute atomic E-state index is 9.70. The minimum atomic E-state index is 0.0759. The summed E-state index contributed by atoms with van der Waals surface area (Å²) in [5, 5.41) is 15.5. The van der Waals surface area contributed by atoms with Gasteiger partial charge in [0.15, 0.2) is 23.1 Å². The van der Waals surface area contributed by atoms with Gasteiger partial charge in [0.2, 0.25) is 0 Å². The fourth-order valence-electron chi connectivity index (χ4n) is 2.83. The van der Waals surface area contributed by atoms with Crippen LogP contribution in [0.5, 0.6) is 11.5 Å². The van der Waals surface area contributed by atoms with Gasteiger partial charge in [0, 0.05) is 16.0 Å². The second-order valence-electron chi connectivity index (χ2n) is 6.22. The van der Waals surface area contributed by atoms with Crippen LogP contribution in [0.2, 0.25) is 5.02 Å². The lowest BCUT2D eigenvalue weighted by molar-refractivity contribution is 0.373. The molecule has 0 saturated heterocycles. The first-order valence-electron chi connectivity index (χ1n) is 8.83. The van der Waals surface area contributed by atoms with Crippen molar-refractivity contribution in [1.82, 2.24) is 9.97 Å². The Morgan fingerprint density at radius 1 is 1.03 bits per heavy atom. The van der Waals surface area contributed by atoms with Crippen molar-refractivity contribution >= 4 is 34.5 Å². The highest BCUT2D eigenvalue weighted by Crippen LogP contribution is 2.27. The number of nitrogens with one attached hydrogen (secondary N) is 1. The molecule has 0 aliphatic heterocycles. The van der Waals surface area contributed by atoms with Crippen LogP contribution in [-0.4, -0.2) is 28.4 Å². The number of rotatable bonds is 5. The van der Waals surface area contributed by atoms with Crippen LogP contribution in [0.3, 0.4) is 0 Å². The molecule has 0 aliphatic carbocycles. The van der Waals surface area contributed by atoms with Crippen LogP contribution in [0.25, 0.3) is 22.3 Å². The van der Waals surface area contributed by atoms with Crippen molar-refractivity contribution in [1.29, 1.82) is 0 Å². The number of para-hydroxylation sites is 1. The molecular weight excluding hydrogens is 388 g/mol. The van der Waals surface area contributed by atoms with Gasteiger partial charge in [-0.05, 0) is 60.2 Å². The number of methoxy groups -OCH3 is 1. The molecule has 4 rings (SSSR count). The Hall–Kier alpha value is -3.64. The van der Waals surface area contributed by atoms with Crippen molar-refractivity contribution < 1.29 is 9.84 Å². The number of phenolic OH excluding ortho intramolecular Hbond substituents is 1. The molecule has 0 atom stereocenters. The fraction of sp³-hybridized carbons (Fsp3) is 0.0455. The molecule has 3 aromatic carbocycles. The number of halogens is 1. The largest absolute Gasteiger partial charge is 0.504 e. The molecule has 0 aliphatic rings. The number of fused-ring (bicyclic) bond motifs is 1. The first kappa shape index (κ1) is 18.7. The minimum Gasteiger partial charge on any atom is -0.504 e. The number of phenols is 1. The standard InChI is InChI=1S/C22H17ClN4O2/c1-29-20-12-14(6-11-19(20)28)13-24-27-22-17-4-2-3-5-18(17)25-21(26-22)15-7-9-16(23)10-8-15/h2-13,28H,1H3,(H,25,26,27)/b24-13-. The van der Waals surface area contributed by atoms with E-state index >= 15 is 0 Å². The van der Waals surface area contributed by atoms with Crippen LogP contribution in [0.15, 0.2) is 71.8 Å². The van der Waals surface area contributed by atoms with Gasteiger partial charge in [0.1, 0.15) is 0 Å². The average molecular weight is 405 g/mol. The number of aromatic nitrogens is 2. The Bertz CT molecular complexity index is 1190. The summed E-state index contributed by atoms with van der Waals surface area (Å²) in [6.07, 6.45) is 1.63. The maximum Gasteiger partial charge on any atom is 0.162 e. The van der Waals surface area contributed by atoms with Gasteiger partial charge in [-0.1, -0.05) is 23.7 Å². The Morgan fingerprint density at radius 2 is 1.83 bits per heavy atom. The van der Waals surface area contributed by atoms with Crippen LogP contribution in [-0.2, 0) is 0 Å². The molecule has 0 bridgehead atoms. The first-order chi connectivity index (χ1) is 14.1. The SMILES string of the molecule is COc1cc(/C=N\Nc2nc(-c3ccc(Cl)cc3)nc3ccccc23)ccc1O. The van der Waals surface area contributed by atoms with Gasteiger partial charge in [-0.15, -0.1) is 0 Å². The third kappa shape index (κ3) is 4.12. The van der Waals surface area contributed by atoms with E-state index in [1.54, 1.807) is 36.5 Å². The second kappa shape index (κ2) is 8.16. The van der Waals surface area contributed by atoms with Crippen molar-refractivity contribution in [3.8, 4) is 22.9 Å². The number of hydrogen-bond acceptors (Lipinski definition) is 6. The lowest BCUT2D eigenvalue weighted by Crippen LogP contribution is -1.99. The third-order valence-corrected chi connectivity index (χ3v) is 4.55. The summed E-state index contributed by atoms with van der Waals surface area (Å²) in [5.74, 6) is 1.62. The zero-order chi connectivity index (χ0) is 20.2. The zero-order valence-electron chi connectivity index (χ0n) is 15.5. The number of hydrazone groups is 1.